The van der Waals surface area contributed by atoms with Crippen molar-refractivity contribution in [2.45, 2.75) is 18.7 Å². The van der Waals surface area contributed by atoms with Crippen LogP contribution in [0.5, 0.6) is 5.75 Å². The molecule has 0 bridgehead atoms. The minimum atomic E-state index is 0.0983. The van der Waals surface area contributed by atoms with E-state index >= 15 is 0 Å². The summed E-state index contributed by atoms with van der Waals surface area (Å²) in [4.78, 5) is 0.0983. The zero-order valence-electron chi connectivity index (χ0n) is 11.5. The largest absolute Gasteiger partial charge is 0.496 e. The predicted molar refractivity (Wildman–Crippen MR) is 95.1 cm³/mol. The van der Waals surface area contributed by atoms with Gasteiger partial charge in [0.2, 0.25) is 0 Å². The van der Waals surface area contributed by atoms with Gasteiger partial charge >= 0.3 is 0 Å². The number of ether oxygens (including phenoxy) is 1. The Kier molecular flexibility index (Phi) is 5.32. The summed E-state index contributed by atoms with van der Waals surface area (Å²) in [5.41, 5.74) is 4.71. The number of halogens is 3. The molecule has 0 N–H and O–H groups in total. The molecular weight excluding hydrogens is 448 g/mol. The number of aryl methyl sites for hydroxylation is 2. The second kappa shape index (κ2) is 6.63. The second-order valence-electron chi connectivity index (χ2n) is 4.71. The first-order valence-electron chi connectivity index (χ1n) is 6.18. The fraction of sp³-hybridized carbons (Fsp3) is 0.250. The molecule has 1 nitrogen and oxygen atoms in total. The van der Waals surface area contributed by atoms with Crippen LogP contribution in [0.3, 0.4) is 0 Å². The zero-order valence-corrected chi connectivity index (χ0v) is 16.3. The maximum Gasteiger partial charge on any atom is 0.123 e. The molecule has 0 aliphatic carbocycles. The Labute approximate surface area is 145 Å². The molecular formula is C16H15Br3O. The van der Waals surface area contributed by atoms with Crippen LogP contribution in [0.1, 0.15) is 27.1 Å². The van der Waals surface area contributed by atoms with Gasteiger partial charge in [0.25, 0.3) is 0 Å². The number of rotatable bonds is 3. The molecule has 0 amide bonds. The van der Waals surface area contributed by atoms with Crippen molar-refractivity contribution >= 4 is 47.8 Å². The standard InChI is InChI=1S/C16H15Br3O/c1-9-6-11(4-5-13(9)17)16(19)12-8-14(18)10(2)7-15(12)20-3/h4-8,16H,1-3H3. The van der Waals surface area contributed by atoms with Crippen LogP contribution in [-0.4, -0.2) is 7.11 Å². The Hall–Kier alpha value is -0.320. The van der Waals surface area contributed by atoms with Crippen LogP contribution in [0.4, 0.5) is 0 Å². The molecule has 0 aromatic heterocycles. The average Bonchev–Trinajstić information content (AvgIpc) is 2.43. The number of methoxy groups -OCH3 is 1. The summed E-state index contributed by atoms with van der Waals surface area (Å²) in [5.74, 6) is 0.896. The van der Waals surface area contributed by atoms with E-state index in [1.54, 1.807) is 7.11 Å². The number of benzene rings is 2. The van der Waals surface area contributed by atoms with Gasteiger partial charge < -0.3 is 4.74 Å². The van der Waals surface area contributed by atoms with E-state index in [2.05, 4.69) is 92.0 Å². The Balaban J connectivity index is 2.49. The van der Waals surface area contributed by atoms with E-state index in [9.17, 15) is 0 Å². The van der Waals surface area contributed by atoms with E-state index in [4.69, 9.17) is 4.74 Å². The van der Waals surface area contributed by atoms with Crippen LogP contribution in [0, 0.1) is 13.8 Å². The first-order chi connectivity index (χ1) is 9.43. The van der Waals surface area contributed by atoms with Gasteiger partial charge in [-0.05, 0) is 48.7 Å². The number of alkyl halides is 1. The van der Waals surface area contributed by atoms with Crippen LogP contribution in [0.2, 0.25) is 0 Å². The minimum absolute atomic E-state index is 0.0983. The van der Waals surface area contributed by atoms with E-state index in [1.165, 1.54) is 11.1 Å². The van der Waals surface area contributed by atoms with E-state index in [-0.39, 0.29) is 4.83 Å². The summed E-state index contributed by atoms with van der Waals surface area (Å²) in [5, 5.41) is 0. The maximum absolute atomic E-state index is 5.52. The fourth-order valence-corrected chi connectivity index (χ4v) is 3.30. The molecule has 0 saturated carbocycles. The van der Waals surface area contributed by atoms with E-state index in [0.717, 1.165) is 25.8 Å². The maximum atomic E-state index is 5.52. The normalized spacial score (nSPS) is 12.3. The molecule has 2 aromatic carbocycles. The quantitative estimate of drug-likeness (QED) is 0.485. The van der Waals surface area contributed by atoms with Gasteiger partial charge in [-0.15, -0.1) is 0 Å². The van der Waals surface area contributed by atoms with Gasteiger partial charge in [-0.3, -0.25) is 0 Å². The van der Waals surface area contributed by atoms with Gasteiger partial charge in [0.1, 0.15) is 5.75 Å². The molecule has 0 spiro atoms. The number of hydrogen-bond donors (Lipinski definition) is 0. The molecule has 0 fully saturated rings. The summed E-state index contributed by atoms with van der Waals surface area (Å²) >= 11 is 10.9. The first-order valence-corrected chi connectivity index (χ1v) is 8.68. The third-order valence-corrected chi connectivity index (χ3v) is 6.02. The zero-order chi connectivity index (χ0) is 14.9. The monoisotopic (exact) mass is 460 g/mol. The van der Waals surface area contributed by atoms with Crippen molar-refractivity contribution in [1.29, 1.82) is 0 Å². The van der Waals surface area contributed by atoms with E-state index in [1.807, 2.05) is 0 Å². The fourth-order valence-electron chi connectivity index (χ4n) is 2.05. The Morgan fingerprint density at radius 1 is 0.950 bits per heavy atom. The lowest BCUT2D eigenvalue weighted by molar-refractivity contribution is 0.410. The van der Waals surface area contributed by atoms with Gasteiger partial charge in [0, 0.05) is 14.5 Å². The molecule has 2 aromatic rings. The summed E-state index contributed by atoms with van der Waals surface area (Å²) in [7, 11) is 1.71. The van der Waals surface area contributed by atoms with Crippen LogP contribution in [-0.2, 0) is 0 Å². The Morgan fingerprint density at radius 2 is 1.60 bits per heavy atom. The molecule has 0 radical (unpaired) electrons. The smallest absolute Gasteiger partial charge is 0.123 e. The lowest BCUT2D eigenvalue weighted by Gasteiger charge is -2.17. The molecule has 0 aliphatic rings. The molecule has 0 aliphatic heterocycles. The average molecular weight is 463 g/mol. The summed E-state index contributed by atoms with van der Waals surface area (Å²) < 4.78 is 7.73. The Morgan fingerprint density at radius 3 is 2.20 bits per heavy atom. The number of hydrogen-bond acceptors (Lipinski definition) is 1. The van der Waals surface area contributed by atoms with E-state index < -0.39 is 0 Å². The third kappa shape index (κ3) is 3.29. The van der Waals surface area contributed by atoms with Crippen LogP contribution in [0.15, 0.2) is 39.3 Å². The lowest BCUT2D eigenvalue weighted by atomic mass is 10.0. The SMILES string of the molecule is COc1cc(C)c(Br)cc1C(Br)c1ccc(Br)c(C)c1. The Bertz CT molecular complexity index is 638. The predicted octanol–water partition coefficient (Wildman–Crippen LogP) is 6.32. The highest BCUT2D eigenvalue weighted by molar-refractivity contribution is 9.11. The van der Waals surface area contributed by atoms with Crippen molar-refractivity contribution in [1.82, 2.24) is 0 Å². The third-order valence-electron chi connectivity index (χ3n) is 3.26. The van der Waals surface area contributed by atoms with Crippen LogP contribution < -0.4 is 4.74 Å². The molecule has 1 unspecified atom stereocenters. The minimum Gasteiger partial charge on any atom is -0.496 e. The molecule has 20 heavy (non-hydrogen) atoms. The highest BCUT2D eigenvalue weighted by Crippen LogP contribution is 2.40. The summed E-state index contributed by atoms with van der Waals surface area (Å²) in [6.45, 7) is 4.15. The lowest BCUT2D eigenvalue weighted by Crippen LogP contribution is -1.99. The van der Waals surface area contributed by atoms with Gasteiger partial charge in [-0.1, -0.05) is 59.9 Å². The van der Waals surface area contributed by atoms with Gasteiger partial charge in [-0.2, -0.15) is 0 Å². The van der Waals surface area contributed by atoms with Crippen LogP contribution in [0.25, 0.3) is 0 Å². The van der Waals surface area contributed by atoms with Crippen molar-refractivity contribution in [3.8, 4) is 5.75 Å². The molecule has 2 rings (SSSR count). The first kappa shape index (κ1) is 16.1. The van der Waals surface area contributed by atoms with Crippen molar-refractivity contribution in [2.24, 2.45) is 0 Å². The molecule has 0 heterocycles. The second-order valence-corrected chi connectivity index (χ2v) is 7.34. The molecule has 4 heteroatoms. The molecule has 106 valence electrons. The summed E-state index contributed by atoms with van der Waals surface area (Å²) in [6.07, 6.45) is 0. The van der Waals surface area contributed by atoms with Crippen LogP contribution >= 0.6 is 47.8 Å². The summed E-state index contributed by atoms with van der Waals surface area (Å²) in [6, 6.07) is 10.5. The van der Waals surface area contributed by atoms with Crippen molar-refractivity contribution in [3.05, 3.63) is 61.5 Å². The van der Waals surface area contributed by atoms with Crippen molar-refractivity contribution in [3.63, 3.8) is 0 Å². The molecule has 1 atom stereocenters. The van der Waals surface area contributed by atoms with E-state index in [0.29, 0.717) is 0 Å². The highest BCUT2D eigenvalue weighted by Gasteiger charge is 2.17. The van der Waals surface area contributed by atoms with Crippen molar-refractivity contribution < 1.29 is 4.74 Å². The van der Waals surface area contributed by atoms with Crippen molar-refractivity contribution in [2.75, 3.05) is 7.11 Å². The van der Waals surface area contributed by atoms with Gasteiger partial charge in [0.05, 0.1) is 11.9 Å². The molecule has 0 saturated heterocycles. The van der Waals surface area contributed by atoms with Gasteiger partial charge in [-0.25, -0.2) is 0 Å². The topological polar surface area (TPSA) is 9.23 Å². The highest BCUT2D eigenvalue weighted by atomic mass is 79.9. The van der Waals surface area contributed by atoms with Gasteiger partial charge in [0.15, 0.2) is 0 Å².